The van der Waals surface area contributed by atoms with E-state index >= 15 is 0 Å². The Morgan fingerprint density at radius 2 is 1.89 bits per heavy atom. The molecule has 0 aromatic carbocycles. The van der Waals surface area contributed by atoms with Crippen LogP contribution in [0.4, 0.5) is 0 Å². The van der Waals surface area contributed by atoms with Gasteiger partial charge in [0.25, 0.3) is 0 Å². The van der Waals surface area contributed by atoms with Crippen molar-refractivity contribution in [2.24, 2.45) is 0 Å². The van der Waals surface area contributed by atoms with Crippen molar-refractivity contribution in [3.8, 4) is 0 Å². The van der Waals surface area contributed by atoms with Gasteiger partial charge in [0.2, 0.25) is 0 Å². The average molecular weight is 259 g/mol. The summed E-state index contributed by atoms with van der Waals surface area (Å²) in [5.74, 6) is 2.25. The molecule has 19 heavy (non-hydrogen) atoms. The lowest BCUT2D eigenvalue weighted by Gasteiger charge is -2.25. The van der Waals surface area contributed by atoms with E-state index in [1.165, 1.54) is 49.1 Å². The lowest BCUT2D eigenvalue weighted by Crippen LogP contribution is -2.28. The zero-order chi connectivity index (χ0) is 13.2. The van der Waals surface area contributed by atoms with Crippen molar-refractivity contribution in [2.75, 3.05) is 6.54 Å². The lowest BCUT2D eigenvalue weighted by atomic mass is 9.88. The standard InChI is InChI=1S/C16H25N3/c1-11(2)15-13-8-9-17-10-14(13)18-16(19-15)12-6-4-3-5-7-12/h11-12,17H,3-10H2,1-2H3. The average Bonchev–Trinajstić information content (AvgIpc) is 2.47. The zero-order valence-corrected chi connectivity index (χ0v) is 12.2. The minimum absolute atomic E-state index is 0.511. The molecule has 3 heteroatoms. The van der Waals surface area contributed by atoms with Crippen molar-refractivity contribution in [1.82, 2.24) is 15.3 Å². The molecule has 0 bridgehead atoms. The van der Waals surface area contributed by atoms with Gasteiger partial charge in [-0.25, -0.2) is 9.97 Å². The highest BCUT2D eigenvalue weighted by molar-refractivity contribution is 5.31. The summed E-state index contributed by atoms with van der Waals surface area (Å²) in [7, 11) is 0. The van der Waals surface area contributed by atoms with Crippen molar-refractivity contribution < 1.29 is 0 Å². The van der Waals surface area contributed by atoms with Crippen LogP contribution < -0.4 is 5.32 Å². The number of nitrogens with one attached hydrogen (secondary N) is 1. The van der Waals surface area contributed by atoms with Crippen molar-refractivity contribution in [1.29, 1.82) is 0 Å². The van der Waals surface area contributed by atoms with E-state index in [1.54, 1.807) is 0 Å². The summed E-state index contributed by atoms with van der Waals surface area (Å²) in [6.45, 7) is 6.51. The first-order valence-electron chi connectivity index (χ1n) is 7.86. The molecule has 1 aromatic heterocycles. The Kier molecular flexibility index (Phi) is 3.83. The molecule has 0 radical (unpaired) electrons. The van der Waals surface area contributed by atoms with Crippen molar-refractivity contribution in [3.63, 3.8) is 0 Å². The first-order valence-corrected chi connectivity index (χ1v) is 7.86. The Balaban J connectivity index is 1.98. The monoisotopic (exact) mass is 259 g/mol. The van der Waals surface area contributed by atoms with Gasteiger partial charge in [0.1, 0.15) is 5.82 Å². The lowest BCUT2D eigenvalue weighted by molar-refractivity contribution is 0.424. The molecule has 0 unspecified atom stereocenters. The van der Waals surface area contributed by atoms with Crippen molar-refractivity contribution in [3.05, 3.63) is 22.8 Å². The third-order valence-electron chi connectivity index (χ3n) is 4.50. The molecule has 1 aliphatic heterocycles. The summed E-state index contributed by atoms with van der Waals surface area (Å²) in [5.41, 5.74) is 4.01. The van der Waals surface area contributed by atoms with Gasteiger partial charge in [-0.15, -0.1) is 0 Å². The molecule has 3 nitrogen and oxygen atoms in total. The van der Waals surface area contributed by atoms with E-state index in [0.717, 1.165) is 25.3 Å². The van der Waals surface area contributed by atoms with Gasteiger partial charge in [-0.05, 0) is 37.3 Å². The molecule has 0 spiro atoms. The first kappa shape index (κ1) is 13.0. The first-order chi connectivity index (χ1) is 9.25. The topological polar surface area (TPSA) is 37.8 Å². The second kappa shape index (κ2) is 5.58. The summed E-state index contributed by atoms with van der Waals surface area (Å²) in [5, 5.41) is 3.45. The Hall–Kier alpha value is -0.960. The van der Waals surface area contributed by atoms with E-state index in [0.29, 0.717) is 11.8 Å². The Labute approximate surface area is 116 Å². The fourth-order valence-corrected chi connectivity index (χ4v) is 3.43. The molecule has 104 valence electrons. The van der Waals surface area contributed by atoms with Crippen LogP contribution in [0.5, 0.6) is 0 Å². The number of nitrogens with zero attached hydrogens (tertiary/aromatic N) is 2. The number of rotatable bonds is 2. The van der Waals surface area contributed by atoms with Gasteiger partial charge in [0.15, 0.2) is 0 Å². The Morgan fingerprint density at radius 3 is 2.63 bits per heavy atom. The summed E-state index contributed by atoms with van der Waals surface area (Å²) >= 11 is 0. The highest BCUT2D eigenvalue weighted by atomic mass is 15.0. The Bertz CT molecular complexity index is 448. The maximum atomic E-state index is 4.97. The molecule has 0 saturated heterocycles. The molecule has 1 aliphatic carbocycles. The fraction of sp³-hybridized carbons (Fsp3) is 0.750. The predicted molar refractivity (Wildman–Crippen MR) is 77.4 cm³/mol. The van der Waals surface area contributed by atoms with Gasteiger partial charge in [-0.2, -0.15) is 0 Å². The molecular weight excluding hydrogens is 234 g/mol. The van der Waals surface area contributed by atoms with Crippen LogP contribution in [0, 0.1) is 0 Å². The normalized spacial score (nSPS) is 20.6. The van der Waals surface area contributed by atoms with E-state index in [-0.39, 0.29) is 0 Å². The molecule has 1 fully saturated rings. The smallest absolute Gasteiger partial charge is 0.132 e. The van der Waals surface area contributed by atoms with E-state index in [2.05, 4.69) is 19.2 Å². The van der Waals surface area contributed by atoms with Crippen LogP contribution in [-0.2, 0) is 13.0 Å². The summed E-state index contributed by atoms with van der Waals surface area (Å²) in [6.07, 6.45) is 7.74. The van der Waals surface area contributed by atoms with Gasteiger partial charge in [-0.3, -0.25) is 0 Å². The van der Waals surface area contributed by atoms with Crippen LogP contribution >= 0.6 is 0 Å². The highest BCUT2D eigenvalue weighted by Gasteiger charge is 2.24. The quantitative estimate of drug-likeness (QED) is 0.885. The van der Waals surface area contributed by atoms with Gasteiger partial charge >= 0.3 is 0 Å². The van der Waals surface area contributed by atoms with Crippen LogP contribution in [0.3, 0.4) is 0 Å². The minimum Gasteiger partial charge on any atom is -0.311 e. The van der Waals surface area contributed by atoms with Gasteiger partial charge < -0.3 is 5.32 Å². The second-order valence-electron chi connectivity index (χ2n) is 6.31. The van der Waals surface area contributed by atoms with Crippen LogP contribution in [0.15, 0.2) is 0 Å². The van der Waals surface area contributed by atoms with Crippen LogP contribution in [-0.4, -0.2) is 16.5 Å². The largest absolute Gasteiger partial charge is 0.311 e. The molecule has 0 amide bonds. The highest BCUT2D eigenvalue weighted by Crippen LogP contribution is 2.33. The van der Waals surface area contributed by atoms with Crippen molar-refractivity contribution in [2.45, 2.75) is 70.8 Å². The summed E-state index contributed by atoms with van der Waals surface area (Å²) in [4.78, 5) is 9.88. The molecule has 1 N–H and O–H groups in total. The number of fused-ring (bicyclic) bond motifs is 1. The molecule has 2 aliphatic rings. The molecular formula is C16H25N3. The van der Waals surface area contributed by atoms with Gasteiger partial charge in [-0.1, -0.05) is 33.1 Å². The maximum Gasteiger partial charge on any atom is 0.132 e. The fourth-order valence-electron chi connectivity index (χ4n) is 3.43. The van der Waals surface area contributed by atoms with Gasteiger partial charge in [0, 0.05) is 12.5 Å². The SMILES string of the molecule is CC(C)c1nc(C2CCCCC2)nc2c1CCNC2. The third-order valence-corrected chi connectivity index (χ3v) is 4.50. The zero-order valence-electron chi connectivity index (χ0n) is 12.2. The summed E-state index contributed by atoms with van der Waals surface area (Å²) in [6, 6.07) is 0. The van der Waals surface area contributed by atoms with E-state index in [1.807, 2.05) is 0 Å². The van der Waals surface area contributed by atoms with Crippen LogP contribution in [0.25, 0.3) is 0 Å². The van der Waals surface area contributed by atoms with Crippen LogP contribution in [0.1, 0.15) is 80.6 Å². The van der Waals surface area contributed by atoms with E-state index < -0.39 is 0 Å². The second-order valence-corrected chi connectivity index (χ2v) is 6.31. The molecule has 1 saturated carbocycles. The molecule has 3 rings (SSSR count). The molecule has 1 aromatic rings. The number of hydrogen-bond donors (Lipinski definition) is 1. The number of hydrogen-bond acceptors (Lipinski definition) is 3. The number of aromatic nitrogens is 2. The minimum atomic E-state index is 0.511. The van der Waals surface area contributed by atoms with E-state index in [4.69, 9.17) is 9.97 Å². The predicted octanol–water partition coefficient (Wildman–Crippen LogP) is 3.29. The van der Waals surface area contributed by atoms with Crippen molar-refractivity contribution >= 4 is 0 Å². The molecule has 0 atom stereocenters. The molecule has 2 heterocycles. The van der Waals surface area contributed by atoms with Gasteiger partial charge in [0.05, 0.1) is 11.4 Å². The summed E-state index contributed by atoms with van der Waals surface area (Å²) < 4.78 is 0. The third kappa shape index (κ3) is 2.66. The van der Waals surface area contributed by atoms with E-state index in [9.17, 15) is 0 Å². The Morgan fingerprint density at radius 1 is 1.11 bits per heavy atom. The van der Waals surface area contributed by atoms with Crippen LogP contribution in [0.2, 0.25) is 0 Å². The maximum absolute atomic E-state index is 4.97.